The molecular formula is C30H22F2N2O3. The van der Waals surface area contributed by atoms with E-state index in [4.69, 9.17) is 4.42 Å². The van der Waals surface area contributed by atoms with Crippen molar-refractivity contribution in [2.75, 3.05) is 7.05 Å². The fourth-order valence-corrected chi connectivity index (χ4v) is 4.16. The van der Waals surface area contributed by atoms with Gasteiger partial charge in [0, 0.05) is 30.1 Å². The third kappa shape index (κ3) is 4.97. The highest BCUT2D eigenvalue weighted by atomic mass is 19.1. The lowest BCUT2D eigenvalue weighted by atomic mass is 9.99. The third-order valence-corrected chi connectivity index (χ3v) is 6.07. The van der Waals surface area contributed by atoms with E-state index in [-0.39, 0.29) is 30.0 Å². The maximum absolute atomic E-state index is 13.5. The van der Waals surface area contributed by atoms with Crippen molar-refractivity contribution < 1.29 is 22.8 Å². The molecule has 0 saturated heterocycles. The number of benzene rings is 4. The molecule has 1 heterocycles. The molecule has 0 unspecified atom stereocenters. The summed E-state index contributed by atoms with van der Waals surface area (Å²) in [5.74, 6) is -0.961. The maximum atomic E-state index is 13.5. The van der Waals surface area contributed by atoms with Crippen LogP contribution in [0.3, 0.4) is 0 Å². The van der Waals surface area contributed by atoms with Crippen LogP contribution in [0.15, 0.2) is 95.4 Å². The normalized spacial score (nSPS) is 10.9. The average molecular weight is 497 g/mol. The van der Waals surface area contributed by atoms with E-state index in [1.807, 2.05) is 18.2 Å². The summed E-state index contributed by atoms with van der Waals surface area (Å²) in [7, 11) is 1.54. The molecule has 4 aromatic carbocycles. The minimum Gasteiger partial charge on any atom is -0.455 e. The Kier molecular flexibility index (Phi) is 6.51. The first-order valence-corrected chi connectivity index (χ1v) is 11.6. The molecule has 37 heavy (non-hydrogen) atoms. The summed E-state index contributed by atoms with van der Waals surface area (Å²) >= 11 is 0. The molecule has 0 aliphatic carbocycles. The van der Waals surface area contributed by atoms with Crippen molar-refractivity contribution in [3.05, 3.63) is 119 Å². The van der Waals surface area contributed by atoms with Gasteiger partial charge in [-0.1, -0.05) is 30.3 Å². The Hall–Kier alpha value is -4.78. The number of carbonyl (C=O) groups excluding carboxylic acids is 2. The Labute approximate surface area is 211 Å². The van der Waals surface area contributed by atoms with Gasteiger partial charge in [-0.2, -0.15) is 0 Å². The Morgan fingerprint density at radius 3 is 2.11 bits per heavy atom. The molecular weight excluding hydrogens is 474 g/mol. The Bertz CT molecular complexity index is 1610. The molecule has 0 radical (unpaired) electrons. The Morgan fingerprint density at radius 2 is 1.41 bits per heavy atom. The fourth-order valence-electron chi connectivity index (χ4n) is 4.16. The van der Waals surface area contributed by atoms with Crippen LogP contribution >= 0.6 is 0 Å². The number of hydrogen-bond donors (Lipinski definition) is 2. The summed E-state index contributed by atoms with van der Waals surface area (Å²) in [4.78, 5) is 25.6. The van der Waals surface area contributed by atoms with Crippen LogP contribution in [0.5, 0.6) is 0 Å². The van der Waals surface area contributed by atoms with Gasteiger partial charge in [0.2, 0.25) is 0 Å². The first-order chi connectivity index (χ1) is 17.9. The van der Waals surface area contributed by atoms with Crippen molar-refractivity contribution in [1.29, 1.82) is 0 Å². The summed E-state index contributed by atoms with van der Waals surface area (Å²) in [5.41, 5.74) is 4.26. The number of carbonyl (C=O) groups is 2. The second-order valence-electron chi connectivity index (χ2n) is 8.49. The van der Waals surface area contributed by atoms with Gasteiger partial charge >= 0.3 is 0 Å². The summed E-state index contributed by atoms with van der Waals surface area (Å²) < 4.78 is 32.6. The standard InChI is InChI=1S/C30H22F2N2O3/c1-33-30(36)27-25-16-21(9-14-26(25)37-28(27)19-7-12-24(32)13-8-19)20-3-2-4-22(15-20)29(35)34-17-18-5-10-23(31)11-6-18/h2-16H,17H2,1H3,(H,33,36)(H,34,35). The molecule has 5 nitrogen and oxygen atoms in total. The van der Waals surface area contributed by atoms with Crippen molar-refractivity contribution in [2.45, 2.75) is 6.54 Å². The average Bonchev–Trinajstić information content (AvgIpc) is 3.31. The minimum absolute atomic E-state index is 0.264. The number of fused-ring (bicyclic) bond motifs is 1. The minimum atomic E-state index is -0.384. The molecule has 0 fully saturated rings. The second-order valence-corrected chi connectivity index (χ2v) is 8.49. The van der Waals surface area contributed by atoms with Gasteiger partial charge in [-0.15, -0.1) is 0 Å². The van der Waals surface area contributed by atoms with Crippen molar-refractivity contribution in [1.82, 2.24) is 10.6 Å². The van der Waals surface area contributed by atoms with Gasteiger partial charge in [0.25, 0.3) is 11.8 Å². The second kappa shape index (κ2) is 10.1. The molecule has 2 N–H and O–H groups in total. The van der Waals surface area contributed by atoms with Crippen LogP contribution in [0.25, 0.3) is 33.4 Å². The first-order valence-electron chi connectivity index (χ1n) is 11.6. The lowest BCUT2D eigenvalue weighted by Crippen LogP contribution is -2.22. The largest absolute Gasteiger partial charge is 0.455 e. The van der Waals surface area contributed by atoms with Gasteiger partial charge in [0.05, 0.1) is 5.56 Å². The van der Waals surface area contributed by atoms with Crippen LogP contribution in [-0.4, -0.2) is 18.9 Å². The molecule has 0 aliphatic heterocycles. The van der Waals surface area contributed by atoms with Gasteiger partial charge in [-0.3, -0.25) is 9.59 Å². The highest BCUT2D eigenvalue weighted by Gasteiger charge is 2.22. The van der Waals surface area contributed by atoms with E-state index in [9.17, 15) is 18.4 Å². The highest BCUT2D eigenvalue weighted by molar-refractivity contribution is 6.11. The zero-order chi connectivity index (χ0) is 25.9. The van der Waals surface area contributed by atoms with Crippen LogP contribution in [0.1, 0.15) is 26.3 Å². The molecule has 2 amide bonds. The first kappa shape index (κ1) is 23.9. The quantitative estimate of drug-likeness (QED) is 0.288. The van der Waals surface area contributed by atoms with Crippen molar-refractivity contribution in [2.24, 2.45) is 0 Å². The van der Waals surface area contributed by atoms with Crippen LogP contribution in [0.4, 0.5) is 8.78 Å². The molecule has 0 aliphatic rings. The zero-order valence-corrected chi connectivity index (χ0v) is 19.8. The number of halogens is 2. The van der Waals surface area contributed by atoms with E-state index in [1.54, 1.807) is 48.5 Å². The van der Waals surface area contributed by atoms with Crippen LogP contribution in [0.2, 0.25) is 0 Å². The van der Waals surface area contributed by atoms with E-state index in [0.717, 1.165) is 16.7 Å². The predicted molar refractivity (Wildman–Crippen MR) is 138 cm³/mol. The zero-order valence-electron chi connectivity index (χ0n) is 19.8. The van der Waals surface area contributed by atoms with Crippen molar-refractivity contribution in [3.8, 4) is 22.5 Å². The van der Waals surface area contributed by atoms with E-state index in [2.05, 4.69) is 10.6 Å². The predicted octanol–water partition coefficient (Wildman–Crippen LogP) is 6.33. The van der Waals surface area contributed by atoms with E-state index in [1.165, 1.54) is 31.3 Å². The van der Waals surface area contributed by atoms with Gasteiger partial charge < -0.3 is 15.1 Å². The number of hydrogen-bond acceptors (Lipinski definition) is 3. The molecule has 0 spiro atoms. The van der Waals surface area contributed by atoms with E-state index >= 15 is 0 Å². The van der Waals surface area contributed by atoms with E-state index < -0.39 is 0 Å². The van der Waals surface area contributed by atoms with Crippen LogP contribution in [-0.2, 0) is 6.54 Å². The van der Waals surface area contributed by atoms with Crippen molar-refractivity contribution >= 4 is 22.8 Å². The van der Waals surface area contributed by atoms with Gasteiger partial charge in [0.1, 0.15) is 23.0 Å². The summed E-state index contributed by atoms with van der Waals surface area (Å²) in [6, 6.07) is 24.3. The summed E-state index contributed by atoms with van der Waals surface area (Å²) in [6.07, 6.45) is 0. The summed E-state index contributed by atoms with van der Waals surface area (Å²) in [6.45, 7) is 0.270. The third-order valence-electron chi connectivity index (χ3n) is 6.07. The lowest BCUT2D eigenvalue weighted by Gasteiger charge is -2.08. The number of rotatable bonds is 6. The summed E-state index contributed by atoms with van der Waals surface area (Å²) in [5, 5.41) is 6.09. The Balaban J connectivity index is 1.47. The van der Waals surface area contributed by atoms with Gasteiger partial charge in [0.15, 0.2) is 0 Å². The molecule has 0 atom stereocenters. The molecule has 0 saturated carbocycles. The number of furan rings is 1. The fraction of sp³-hybridized carbons (Fsp3) is 0.0667. The topological polar surface area (TPSA) is 71.3 Å². The molecule has 1 aromatic heterocycles. The molecule has 5 aromatic rings. The lowest BCUT2D eigenvalue weighted by molar-refractivity contribution is 0.0947. The number of amides is 2. The smallest absolute Gasteiger partial charge is 0.255 e. The highest BCUT2D eigenvalue weighted by Crippen LogP contribution is 2.36. The molecule has 7 heteroatoms. The number of nitrogens with one attached hydrogen (secondary N) is 2. The molecule has 184 valence electrons. The molecule has 5 rings (SSSR count). The molecule has 0 bridgehead atoms. The Morgan fingerprint density at radius 1 is 0.757 bits per heavy atom. The SMILES string of the molecule is CNC(=O)c1c(-c2ccc(F)cc2)oc2ccc(-c3cccc(C(=O)NCc4ccc(F)cc4)c3)cc12. The van der Waals surface area contributed by atoms with Crippen molar-refractivity contribution in [3.63, 3.8) is 0 Å². The van der Waals surface area contributed by atoms with Gasteiger partial charge in [-0.05, 0) is 77.4 Å². The van der Waals surface area contributed by atoms with Crippen LogP contribution < -0.4 is 10.6 Å². The van der Waals surface area contributed by atoms with E-state index in [0.29, 0.717) is 33.4 Å². The van der Waals surface area contributed by atoms with Crippen LogP contribution in [0, 0.1) is 11.6 Å². The maximum Gasteiger partial charge on any atom is 0.255 e. The monoisotopic (exact) mass is 496 g/mol. The van der Waals surface area contributed by atoms with Gasteiger partial charge in [-0.25, -0.2) is 8.78 Å².